The molecule has 2 aromatic heterocycles. The Morgan fingerprint density at radius 3 is 2.89 bits per heavy atom. The van der Waals surface area contributed by atoms with Gasteiger partial charge in [0.15, 0.2) is 4.60 Å². The van der Waals surface area contributed by atoms with Gasteiger partial charge in [-0.25, -0.2) is 14.6 Å². The van der Waals surface area contributed by atoms with Gasteiger partial charge in [-0.2, -0.15) is 0 Å². The Bertz CT molecular complexity index is 478. The Morgan fingerprint density at radius 1 is 1.50 bits per heavy atom. The molecule has 0 amide bonds. The molecule has 0 aromatic carbocycles. The quantitative estimate of drug-likeness (QED) is 0.905. The van der Waals surface area contributed by atoms with Crippen LogP contribution in [0.1, 0.15) is 30.8 Å². The minimum atomic E-state index is -0.0395. The number of nitrogens with one attached hydrogen (secondary N) is 1. The summed E-state index contributed by atoms with van der Waals surface area (Å²) in [5.41, 5.74) is 1.87. The normalized spacial score (nSPS) is 12.6. The first-order chi connectivity index (χ1) is 8.74. The van der Waals surface area contributed by atoms with Gasteiger partial charge in [0.25, 0.3) is 0 Å². The molecule has 6 nitrogen and oxygen atoms in total. The summed E-state index contributed by atoms with van der Waals surface area (Å²) in [6, 6.07) is 1.86. The number of nitrogens with zero attached hydrogens (tertiary/aromatic N) is 5. The number of hydrogen-bond donors (Lipinski definition) is 1. The molecule has 2 rings (SSSR count). The molecular weight excluding hydrogens is 296 g/mol. The summed E-state index contributed by atoms with van der Waals surface area (Å²) in [6.45, 7) is 3.02. The largest absolute Gasteiger partial charge is 0.304 e. The highest BCUT2D eigenvalue weighted by molar-refractivity contribution is 9.10. The lowest BCUT2D eigenvalue weighted by Crippen LogP contribution is -2.26. The van der Waals surface area contributed by atoms with Gasteiger partial charge in [-0.3, -0.25) is 0 Å². The fraction of sp³-hybridized carbons (Fsp3) is 0.455. The highest BCUT2D eigenvalue weighted by Crippen LogP contribution is 2.25. The zero-order chi connectivity index (χ0) is 13.0. The second-order valence-electron chi connectivity index (χ2n) is 3.91. The summed E-state index contributed by atoms with van der Waals surface area (Å²) < 4.78 is 2.48. The van der Waals surface area contributed by atoms with Crippen molar-refractivity contribution >= 4 is 15.9 Å². The maximum atomic E-state index is 4.31. The number of rotatable bonds is 5. The summed E-state index contributed by atoms with van der Waals surface area (Å²) in [4.78, 5) is 8.25. The lowest BCUT2D eigenvalue weighted by atomic mass is 10.1. The van der Waals surface area contributed by atoms with Crippen LogP contribution in [-0.4, -0.2) is 31.5 Å². The van der Waals surface area contributed by atoms with E-state index in [0.29, 0.717) is 0 Å². The Kier molecular flexibility index (Phi) is 4.38. The predicted molar refractivity (Wildman–Crippen MR) is 70.9 cm³/mol. The molecule has 0 saturated carbocycles. The number of hydrogen-bond acceptors (Lipinski definition) is 5. The van der Waals surface area contributed by atoms with Crippen LogP contribution in [0.5, 0.6) is 0 Å². The van der Waals surface area contributed by atoms with Crippen LogP contribution in [0.25, 0.3) is 0 Å². The van der Waals surface area contributed by atoms with E-state index < -0.39 is 0 Å². The fourth-order valence-electron chi connectivity index (χ4n) is 1.75. The molecule has 0 aliphatic heterocycles. The Morgan fingerprint density at radius 2 is 2.33 bits per heavy atom. The molecule has 2 heterocycles. The first-order valence-electron chi connectivity index (χ1n) is 5.78. The number of halogens is 1. The molecule has 0 radical (unpaired) electrons. The van der Waals surface area contributed by atoms with E-state index in [4.69, 9.17) is 0 Å². The fourth-order valence-corrected chi connectivity index (χ4v) is 2.30. The Hall–Kier alpha value is -1.34. The van der Waals surface area contributed by atoms with Crippen LogP contribution >= 0.6 is 15.9 Å². The molecule has 96 valence electrons. The van der Waals surface area contributed by atoms with Gasteiger partial charge in [-0.15, -0.1) is 5.10 Å². The monoisotopic (exact) mass is 310 g/mol. The van der Waals surface area contributed by atoms with Crippen molar-refractivity contribution in [3.63, 3.8) is 0 Å². The van der Waals surface area contributed by atoms with Gasteiger partial charge in [0.05, 0.1) is 17.4 Å². The van der Waals surface area contributed by atoms with Crippen molar-refractivity contribution in [1.82, 2.24) is 30.3 Å². The molecule has 0 spiro atoms. The summed E-state index contributed by atoms with van der Waals surface area (Å²) in [7, 11) is 1.87. The van der Waals surface area contributed by atoms with Gasteiger partial charge in [0, 0.05) is 13.2 Å². The molecule has 7 heteroatoms. The van der Waals surface area contributed by atoms with Crippen molar-refractivity contribution in [3.05, 3.63) is 34.6 Å². The average Bonchev–Trinajstić information content (AvgIpc) is 2.72. The van der Waals surface area contributed by atoms with E-state index in [0.717, 1.165) is 29.0 Å². The third kappa shape index (κ3) is 2.73. The van der Waals surface area contributed by atoms with Crippen LogP contribution in [0.4, 0.5) is 0 Å². The van der Waals surface area contributed by atoms with Crippen molar-refractivity contribution in [1.29, 1.82) is 0 Å². The summed E-state index contributed by atoms with van der Waals surface area (Å²) in [5.74, 6) is 0. The third-order valence-electron chi connectivity index (χ3n) is 2.60. The van der Waals surface area contributed by atoms with Crippen molar-refractivity contribution in [2.24, 2.45) is 7.05 Å². The van der Waals surface area contributed by atoms with Crippen LogP contribution in [0, 0.1) is 0 Å². The molecule has 1 unspecified atom stereocenters. The minimum absolute atomic E-state index is 0.0395. The van der Waals surface area contributed by atoms with Gasteiger partial charge in [0.2, 0.25) is 0 Å². The predicted octanol–water partition coefficient (Wildman–Crippen LogP) is 1.46. The van der Waals surface area contributed by atoms with Crippen LogP contribution in [0.15, 0.2) is 23.2 Å². The summed E-state index contributed by atoms with van der Waals surface area (Å²) >= 11 is 3.43. The highest BCUT2D eigenvalue weighted by Gasteiger charge is 2.22. The molecule has 0 fully saturated rings. The van der Waals surface area contributed by atoms with Crippen LogP contribution in [-0.2, 0) is 7.05 Å². The molecule has 0 bridgehead atoms. The molecule has 1 N–H and O–H groups in total. The third-order valence-corrected chi connectivity index (χ3v) is 3.16. The topological polar surface area (TPSA) is 68.5 Å². The number of aromatic nitrogens is 5. The van der Waals surface area contributed by atoms with E-state index >= 15 is 0 Å². The second kappa shape index (κ2) is 6.01. The molecular formula is C11H15BrN6. The van der Waals surface area contributed by atoms with Crippen molar-refractivity contribution in [3.8, 4) is 0 Å². The molecule has 0 aliphatic carbocycles. The zero-order valence-corrected chi connectivity index (χ0v) is 11.9. The maximum absolute atomic E-state index is 4.31. The minimum Gasteiger partial charge on any atom is -0.304 e. The molecule has 0 saturated heterocycles. The molecule has 0 aliphatic rings. The van der Waals surface area contributed by atoms with E-state index in [-0.39, 0.29) is 6.04 Å². The van der Waals surface area contributed by atoms with E-state index in [2.05, 4.69) is 48.5 Å². The van der Waals surface area contributed by atoms with Crippen LogP contribution in [0.3, 0.4) is 0 Å². The van der Waals surface area contributed by atoms with Crippen LogP contribution < -0.4 is 5.32 Å². The SMILES string of the molecule is CCCNC(c1ccncn1)c1c(Br)nnn1C. The van der Waals surface area contributed by atoms with Crippen LogP contribution in [0.2, 0.25) is 0 Å². The highest BCUT2D eigenvalue weighted by atomic mass is 79.9. The van der Waals surface area contributed by atoms with Gasteiger partial charge in [-0.05, 0) is 35.0 Å². The van der Waals surface area contributed by atoms with Gasteiger partial charge >= 0.3 is 0 Å². The summed E-state index contributed by atoms with van der Waals surface area (Å²) in [6.07, 6.45) is 4.33. The average molecular weight is 311 g/mol. The van der Waals surface area contributed by atoms with Crippen molar-refractivity contribution in [2.45, 2.75) is 19.4 Å². The molecule has 18 heavy (non-hydrogen) atoms. The smallest absolute Gasteiger partial charge is 0.153 e. The summed E-state index contributed by atoms with van der Waals surface area (Å²) in [5, 5.41) is 11.5. The van der Waals surface area contributed by atoms with Gasteiger partial charge < -0.3 is 5.32 Å². The van der Waals surface area contributed by atoms with Crippen molar-refractivity contribution in [2.75, 3.05) is 6.54 Å². The lowest BCUT2D eigenvalue weighted by Gasteiger charge is -2.17. The van der Waals surface area contributed by atoms with Crippen molar-refractivity contribution < 1.29 is 0 Å². The lowest BCUT2D eigenvalue weighted by molar-refractivity contribution is 0.539. The first kappa shape index (κ1) is 13.1. The standard InChI is InChI=1S/C11H15BrN6/c1-3-5-14-9(8-4-6-13-7-15-8)10-11(12)16-17-18(10)2/h4,6-7,9,14H,3,5H2,1-2H3. The van der Waals surface area contributed by atoms with E-state index in [9.17, 15) is 0 Å². The van der Waals surface area contributed by atoms with E-state index in [1.165, 1.54) is 0 Å². The second-order valence-corrected chi connectivity index (χ2v) is 4.66. The molecule has 2 aromatic rings. The van der Waals surface area contributed by atoms with Gasteiger partial charge in [-0.1, -0.05) is 12.1 Å². The van der Waals surface area contributed by atoms with Gasteiger partial charge in [0.1, 0.15) is 6.33 Å². The maximum Gasteiger partial charge on any atom is 0.153 e. The Balaban J connectivity index is 2.37. The zero-order valence-electron chi connectivity index (χ0n) is 10.3. The van der Waals surface area contributed by atoms with E-state index in [1.807, 2.05) is 13.1 Å². The van der Waals surface area contributed by atoms with E-state index in [1.54, 1.807) is 17.2 Å². The number of aryl methyl sites for hydroxylation is 1. The Labute approximate surface area is 114 Å². The first-order valence-corrected chi connectivity index (χ1v) is 6.57. The molecule has 1 atom stereocenters.